The van der Waals surface area contributed by atoms with E-state index in [-0.39, 0.29) is 11.9 Å². The zero-order valence-electron chi connectivity index (χ0n) is 14.2. The van der Waals surface area contributed by atoms with Crippen molar-refractivity contribution in [1.82, 2.24) is 25.1 Å². The van der Waals surface area contributed by atoms with Crippen LogP contribution in [0, 0.1) is 6.92 Å². The fraction of sp³-hybridized carbons (Fsp3) is 0.500. The summed E-state index contributed by atoms with van der Waals surface area (Å²) >= 11 is 0. The van der Waals surface area contributed by atoms with Gasteiger partial charge in [0.05, 0.1) is 19.5 Å². The number of methoxy groups -OCH3 is 1. The van der Waals surface area contributed by atoms with Crippen molar-refractivity contribution in [2.45, 2.75) is 25.8 Å². The second-order valence-corrected chi connectivity index (χ2v) is 5.98. The number of ether oxygens (including phenoxy) is 1. The second kappa shape index (κ2) is 6.86. The van der Waals surface area contributed by atoms with E-state index in [0.29, 0.717) is 23.9 Å². The monoisotopic (exact) mass is 330 g/mol. The third-order valence-electron chi connectivity index (χ3n) is 4.24. The van der Waals surface area contributed by atoms with Crippen LogP contribution in [0.5, 0.6) is 5.75 Å². The summed E-state index contributed by atoms with van der Waals surface area (Å²) in [6, 6.07) is 1.85. The van der Waals surface area contributed by atoms with Crippen LogP contribution in [0.15, 0.2) is 18.5 Å². The molecule has 1 saturated heterocycles. The molecule has 2 aromatic rings. The Bertz CT molecular complexity index is 692. The Morgan fingerprint density at radius 3 is 2.75 bits per heavy atom. The zero-order chi connectivity index (χ0) is 17.1. The number of anilines is 1. The Hall–Kier alpha value is -2.64. The van der Waals surface area contributed by atoms with E-state index in [0.717, 1.165) is 25.1 Å². The van der Waals surface area contributed by atoms with Crippen LogP contribution in [0.3, 0.4) is 0 Å². The molecular formula is C16H22N6O2. The Labute approximate surface area is 140 Å². The quantitative estimate of drug-likeness (QED) is 0.897. The number of amides is 1. The van der Waals surface area contributed by atoms with Crippen LogP contribution in [-0.4, -0.2) is 51.9 Å². The predicted octanol–water partition coefficient (Wildman–Crippen LogP) is 0.926. The van der Waals surface area contributed by atoms with Gasteiger partial charge in [-0.25, -0.2) is 9.97 Å². The van der Waals surface area contributed by atoms with Gasteiger partial charge in [-0.1, -0.05) is 0 Å². The molecule has 1 aliphatic rings. The predicted molar refractivity (Wildman–Crippen MR) is 89.2 cm³/mol. The number of hydrogen-bond acceptors (Lipinski definition) is 6. The number of aromatic nitrogens is 4. The van der Waals surface area contributed by atoms with Crippen molar-refractivity contribution in [1.29, 1.82) is 0 Å². The van der Waals surface area contributed by atoms with Crippen LogP contribution < -0.4 is 15.0 Å². The largest absolute Gasteiger partial charge is 0.494 e. The Morgan fingerprint density at radius 2 is 2.12 bits per heavy atom. The fourth-order valence-corrected chi connectivity index (χ4v) is 2.79. The summed E-state index contributed by atoms with van der Waals surface area (Å²) in [6.45, 7) is 3.48. The van der Waals surface area contributed by atoms with Gasteiger partial charge in [0.2, 0.25) is 5.95 Å². The molecule has 1 amide bonds. The molecule has 1 fully saturated rings. The smallest absolute Gasteiger partial charge is 0.272 e. The Balaban J connectivity index is 1.63. The molecular weight excluding hydrogens is 308 g/mol. The molecule has 3 heterocycles. The standard InChI is InChI=1S/C16H22N6O2/c1-11-7-14(20-21(11)2)15(23)19-12-5-4-6-22(10-12)16-17-8-13(24-3)9-18-16/h7-9,12H,4-6,10H2,1-3H3,(H,19,23). The molecule has 0 aromatic carbocycles. The summed E-state index contributed by atoms with van der Waals surface area (Å²) in [6.07, 6.45) is 5.22. The maximum Gasteiger partial charge on any atom is 0.272 e. The molecule has 128 valence electrons. The first-order valence-corrected chi connectivity index (χ1v) is 7.99. The van der Waals surface area contributed by atoms with E-state index < -0.39 is 0 Å². The lowest BCUT2D eigenvalue weighted by atomic mass is 10.1. The molecule has 1 N–H and O–H groups in total. The molecule has 8 nitrogen and oxygen atoms in total. The van der Waals surface area contributed by atoms with Crippen molar-refractivity contribution in [3.8, 4) is 5.75 Å². The lowest BCUT2D eigenvalue weighted by Gasteiger charge is -2.33. The van der Waals surface area contributed by atoms with Gasteiger partial charge in [0, 0.05) is 31.9 Å². The number of nitrogens with one attached hydrogen (secondary N) is 1. The molecule has 3 rings (SSSR count). The van der Waals surface area contributed by atoms with Gasteiger partial charge in [0.25, 0.3) is 5.91 Å². The van der Waals surface area contributed by atoms with Crippen molar-refractivity contribution < 1.29 is 9.53 Å². The number of carbonyl (C=O) groups is 1. The van der Waals surface area contributed by atoms with E-state index in [2.05, 4.69) is 25.3 Å². The molecule has 0 aliphatic carbocycles. The Morgan fingerprint density at radius 1 is 1.38 bits per heavy atom. The van der Waals surface area contributed by atoms with E-state index in [4.69, 9.17) is 4.74 Å². The van der Waals surface area contributed by atoms with E-state index >= 15 is 0 Å². The second-order valence-electron chi connectivity index (χ2n) is 5.98. The Kier molecular flexibility index (Phi) is 4.64. The zero-order valence-corrected chi connectivity index (χ0v) is 14.2. The average Bonchev–Trinajstić information content (AvgIpc) is 2.94. The van der Waals surface area contributed by atoms with Gasteiger partial charge in [0.1, 0.15) is 5.69 Å². The van der Waals surface area contributed by atoms with Crippen LogP contribution in [0.4, 0.5) is 5.95 Å². The third-order valence-corrected chi connectivity index (χ3v) is 4.24. The normalized spacial score (nSPS) is 17.6. The van der Waals surface area contributed by atoms with Crippen molar-refractivity contribution >= 4 is 11.9 Å². The van der Waals surface area contributed by atoms with Crippen LogP contribution in [0.25, 0.3) is 0 Å². The van der Waals surface area contributed by atoms with Crippen molar-refractivity contribution in [3.63, 3.8) is 0 Å². The van der Waals surface area contributed by atoms with E-state index in [1.54, 1.807) is 30.3 Å². The molecule has 0 bridgehead atoms. The number of nitrogens with zero attached hydrogens (tertiary/aromatic N) is 5. The number of piperidine rings is 1. The van der Waals surface area contributed by atoms with Crippen molar-refractivity contribution in [3.05, 3.63) is 29.8 Å². The number of aryl methyl sites for hydroxylation is 2. The summed E-state index contributed by atoms with van der Waals surface area (Å²) in [4.78, 5) is 23.1. The van der Waals surface area contributed by atoms with Crippen LogP contribution in [0.1, 0.15) is 29.0 Å². The molecule has 0 radical (unpaired) electrons. The van der Waals surface area contributed by atoms with Crippen molar-refractivity contribution in [2.75, 3.05) is 25.1 Å². The lowest BCUT2D eigenvalue weighted by molar-refractivity contribution is 0.0927. The minimum Gasteiger partial charge on any atom is -0.494 e. The highest BCUT2D eigenvalue weighted by molar-refractivity contribution is 5.92. The van der Waals surface area contributed by atoms with Crippen LogP contribution in [0.2, 0.25) is 0 Å². The summed E-state index contributed by atoms with van der Waals surface area (Å²) in [7, 11) is 3.42. The van der Waals surface area contributed by atoms with E-state index in [1.165, 1.54) is 0 Å². The highest BCUT2D eigenvalue weighted by Crippen LogP contribution is 2.17. The molecule has 1 atom stereocenters. The summed E-state index contributed by atoms with van der Waals surface area (Å²) < 4.78 is 6.78. The minimum atomic E-state index is -0.138. The molecule has 0 spiro atoms. The van der Waals surface area contributed by atoms with Crippen LogP contribution >= 0.6 is 0 Å². The maximum absolute atomic E-state index is 12.4. The maximum atomic E-state index is 12.4. The van der Waals surface area contributed by atoms with Crippen molar-refractivity contribution in [2.24, 2.45) is 7.05 Å². The van der Waals surface area contributed by atoms with Crippen LogP contribution in [-0.2, 0) is 7.05 Å². The van der Waals surface area contributed by atoms with E-state index in [9.17, 15) is 4.79 Å². The molecule has 1 unspecified atom stereocenters. The SMILES string of the molecule is COc1cnc(N2CCCC(NC(=O)c3cc(C)n(C)n3)C2)nc1. The first-order valence-electron chi connectivity index (χ1n) is 7.99. The first-order chi connectivity index (χ1) is 11.6. The van der Waals surface area contributed by atoms with Gasteiger partial charge in [0.15, 0.2) is 5.75 Å². The topological polar surface area (TPSA) is 85.2 Å². The minimum absolute atomic E-state index is 0.0549. The van der Waals surface area contributed by atoms with Gasteiger partial charge in [-0.2, -0.15) is 5.10 Å². The molecule has 2 aromatic heterocycles. The summed E-state index contributed by atoms with van der Waals surface area (Å²) in [5, 5.41) is 7.29. The summed E-state index contributed by atoms with van der Waals surface area (Å²) in [5.41, 5.74) is 1.41. The number of rotatable bonds is 4. The molecule has 24 heavy (non-hydrogen) atoms. The van der Waals surface area contributed by atoms with E-state index in [1.807, 2.05) is 14.0 Å². The highest BCUT2D eigenvalue weighted by Gasteiger charge is 2.24. The van der Waals surface area contributed by atoms with Gasteiger partial charge >= 0.3 is 0 Å². The number of carbonyl (C=O) groups excluding carboxylic acids is 1. The number of hydrogen-bond donors (Lipinski definition) is 1. The molecule has 0 saturated carbocycles. The van der Waals surface area contributed by atoms with Gasteiger partial charge in [-0.05, 0) is 25.8 Å². The molecule has 1 aliphatic heterocycles. The summed E-state index contributed by atoms with van der Waals surface area (Å²) in [5.74, 6) is 1.15. The fourth-order valence-electron chi connectivity index (χ4n) is 2.79. The van der Waals surface area contributed by atoms with Gasteiger partial charge < -0.3 is 15.0 Å². The lowest BCUT2D eigenvalue weighted by Crippen LogP contribution is -2.48. The first kappa shape index (κ1) is 16.2. The molecule has 8 heteroatoms. The third kappa shape index (κ3) is 3.47. The van der Waals surface area contributed by atoms with Gasteiger partial charge in [-0.15, -0.1) is 0 Å². The average molecular weight is 330 g/mol. The van der Waals surface area contributed by atoms with Gasteiger partial charge in [-0.3, -0.25) is 9.48 Å². The highest BCUT2D eigenvalue weighted by atomic mass is 16.5.